The van der Waals surface area contributed by atoms with Crippen LogP contribution < -0.4 is 10.7 Å². The van der Waals surface area contributed by atoms with Gasteiger partial charge in [0.2, 0.25) is 0 Å². The predicted octanol–water partition coefficient (Wildman–Crippen LogP) is -0.234. The number of hydrazine groups is 1. The number of benzene rings is 1. The van der Waals surface area contributed by atoms with Crippen molar-refractivity contribution < 1.29 is 22.8 Å². The van der Waals surface area contributed by atoms with Crippen LogP contribution in [-0.4, -0.2) is 96.9 Å². The van der Waals surface area contributed by atoms with Gasteiger partial charge in [-0.15, -0.1) is 0 Å². The summed E-state index contributed by atoms with van der Waals surface area (Å²) in [5.41, 5.74) is 2.45. The minimum absolute atomic E-state index is 0.0606. The first-order valence-corrected chi connectivity index (χ1v) is 13.1. The van der Waals surface area contributed by atoms with Crippen molar-refractivity contribution in [2.24, 2.45) is 0 Å². The van der Waals surface area contributed by atoms with Gasteiger partial charge in [0.15, 0.2) is 9.84 Å². The van der Waals surface area contributed by atoms with E-state index in [1.807, 2.05) is 35.2 Å². The number of carbonyl (C=O) groups excluding carboxylic acids is 3. The first-order chi connectivity index (χ1) is 15.7. The molecule has 2 N–H and O–H groups in total. The minimum atomic E-state index is -2.93. The predicted molar refractivity (Wildman–Crippen MR) is 122 cm³/mol. The van der Waals surface area contributed by atoms with Gasteiger partial charge in [0.25, 0.3) is 11.8 Å². The van der Waals surface area contributed by atoms with E-state index in [0.29, 0.717) is 45.4 Å². The van der Waals surface area contributed by atoms with Crippen LogP contribution in [0.3, 0.4) is 0 Å². The maximum Gasteiger partial charge on any atom is 0.344 e. The monoisotopic (exact) mass is 477 g/mol. The fraction of sp³-hybridized carbons (Fsp3) is 0.591. The lowest BCUT2D eigenvalue weighted by molar-refractivity contribution is -0.139. The van der Waals surface area contributed by atoms with Crippen LogP contribution in [0.4, 0.5) is 4.79 Å². The van der Waals surface area contributed by atoms with Crippen molar-refractivity contribution in [3.05, 3.63) is 35.9 Å². The molecule has 3 aliphatic rings. The zero-order valence-electron chi connectivity index (χ0n) is 18.8. The van der Waals surface area contributed by atoms with Gasteiger partial charge in [0.05, 0.1) is 18.1 Å². The van der Waals surface area contributed by atoms with Crippen LogP contribution in [-0.2, 0) is 25.8 Å². The second kappa shape index (κ2) is 9.40. The molecule has 10 nitrogen and oxygen atoms in total. The first-order valence-electron chi connectivity index (χ1n) is 11.3. The zero-order valence-corrected chi connectivity index (χ0v) is 19.6. The average Bonchev–Trinajstić information content (AvgIpc) is 3.25. The molecule has 0 saturated carbocycles. The number of carbonyl (C=O) groups is 3. The molecule has 0 radical (unpaired) electrons. The van der Waals surface area contributed by atoms with Crippen LogP contribution in [0.1, 0.15) is 25.3 Å². The summed E-state index contributed by atoms with van der Waals surface area (Å²) in [6, 6.07) is 9.14. The normalized spacial score (nSPS) is 28.2. The van der Waals surface area contributed by atoms with Crippen LogP contribution in [0.5, 0.6) is 0 Å². The summed E-state index contributed by atoms with van der Waals surface area (Å²) in [6.07, 6.45) is 1.71. The Labute approximate surface area is 194 Å². The summed E-state index contributed by atoms with van der Waals surface area (Å²) in [4.78, 5) is 42.0. The molecule has 0 aromatic heterocycles. The lowest BCUT2D eigenvalue weighted by atomic mass is 9.93. The largest absolute Gasteiger partial charge is 0.344 e. The minimum Gasteiger partial charge on any atom is -0.322 e. The highest BCUT2D eigenvalue weighted by Crippen LogP contribution is 2.22. The van der Waals surface area contributed by atoms with Gasteiger partial charge >= 0.3 is 6.03 Å². The fourth-order valence-corrected chi connectivity index (χ4v) is 6.47. The van der Waals surface area contributed by atoms with Crippen LogP contribution in [0.15, 0.2) is 30.3 Å². The van der Waals surface area contributed by atoms with E-state index in [4.69, 9.17) is 0 Å². The van der Waals surface area contributed by atoms with E-state index in [-0.39, 0.29) is 24.1 Å². The lowest BCUT2D eigenvalue weighted by Crippen LogP contribution is -2.55. The number of sulfone groups is 1. The number of nitrogens with one attached hydrogen (secondary N) is 2. The molecule has 3 saturated heterocycles. The van der Waals surface area contributed by atoms with E-state index in [9.17, 15) is 22.8 Å². The summed E-state index contributed by atoms with van der Waals surface area (Å²) in [7, 11) is -2.93. The molecule has 1 aromatic carbocycles. The molecule has 3 aliphatic heterocycles. The van der Waals surface area contributed by atoms with Crippen molar-refractivity contribution >= 4 is 27.7 Å². The zero-order chi connectivity index (χ0) is 23.6. The van der Waals surface area contributed by atoms with E-state index >= 15 is 0 Å². The molecular formula is C22H31N5O5S. The number of amides is 4. The number of nitrogens with zero attached hydrogens (tertiary/aromatic N) is 3. The highest BCUT2D eigenvalue weighted by molar-refractivity contribution is 7.91. The highest BCUT2D eigenvalue weighted by Gasteiger charge is 2.48. The van der Waals surface area contributed by atoms with Crippen LogP contribution in [0, 0.1) is 0 Å². The van der Waals surface area contributed by atoms with Crippen molar-refractivity contribution in [1.82, 2.24) is 25.6 Å². The maximum absolute atomic E-state index is 12.9. The SMILES string of the molecule is C[C@@]1(CCc2ccccc2)NC(=O)N(NC(=O)CN2CCN([C@@H]3CCS(=O)(=O)C3)CC2)C1=O. The van der Waals surface area contributed by atoms with E-state index in [2.05, 4.69) is 15.6 Å². The number of piperazine rings is 1. The van der Waals surface area contributed by atoms with Crippen molar-refractivity contribution in [2.75, 3.05) is 44.2 Å². The summed E-state index contributed by atoms with van der Waals surface area (Å²) < 4.78 is 23.4. The van der Waals surface area contributed by atoms with Gasteiger partial charge in [-0.25, -0.2) is 13.2 Å². The van der Waals surface area contributed by atoms with Gasteiger partial charge < -0.3 is 5.32 Å². The third-order valence-corrected chi connectivity index (χ3v) is 8.50. The molecule has 180 valence electrons. The van der Waals surface area contributed by atoms with Crippen molar-refractivity contribution in [3.63, 3.8) is 0 Å². The van der Waals surface area contributed by atoms with Gasteiger partial charge in [-0.05, 0) is 31.7 Å². The highest BCUT2D eigenvalue weighted by atomic mass is 32.2. The Morgan fingerprint density at radius 1 is 1.15 bits per heavy atom. The molecule has 3 fully saturated rings. The van der Waals surface area contributed by atoms with Crippen molar-refractivity contribution in [2.45, 2.75) is 37.8 Å². The molecule has 0 spiro atoms. The van der Waals surface area contributed by atoms with Crippen LogP contribution in [0.25, 0.3) is 0 Å². The second-order valence-electron chi connectivity index (χ2n) is 9.29. The summed E-state index contributed by atoms with van der Waals surface area (Å²) in [5, 5.41) is 3.49. The summed E-state index contributed by atoms with van der Waals surface area (Å²) >= 11 is 0. The standard InChI is InChI=1S/C22H31N5O5S/c1-22(9-7-17-5-3-2-4-6-17)20(29)27(21(30)23-22)24-19(28)15-25-10-12-26(13-11-25)18-8-14-33(31,32)16-18/h2-6,18H,7-16H2,1H3,(H,23,30)(H,24,28)/t18-,22+/m1/s1. The van der Waals surface area contributed by atoms with E-state index in [1.54, 1.807) is 6.92 Å². The summed E-state index contributed by atoms with van der Waals surface area (Å²) in [5.74, 6) is -0.439. The summed E-state index contributed by atoms with van der Waals surface area (Å²) in [6.45, 7) is 4.36. The fourth-order valence-electron chi connectivity index (χ4n) is 4.71. The third-order valence-electron chi connectivity index (χ3n) is 6.75. The van der Waals surface area contributed by atoms with Crippen molar-refractivity contribution in [1.29, 1.82) is 0 Å². The average molecular weight is 478 g/mol. The molecule has 11 heteroatoms. The smallest absolute Gasteiger partial charge is 0.322 e. The molecule has 0 bridgehead atoms. The van der Waals surface area contributed by atoms with Gasteiger partial charge in [0.1, 0.15) is 5.54 Å². The molecule has 4 rings (SSSR count). The lowest BCUT2D eigenvalue weighted by Gasteiger charge is -2.37. The Morgan fingerprint density at radius 3 is 2.48 bits per heavy atom. The Hall–Kier alpha value is -2.50. The topological polar surface area (TPSA) is 119 Å². The number of urea groups is 1. The van der Waals surface area contributed by atoms with Gasteiger partial charge in [-0.1, -0.05) is 30.3 Å². The Balaban J connectivity index is 1.25. The Kier molecular flexibility index (Phi) is 6.73. The molecule has 0 unspecified atom stereocenters. The van der Waals surface area contributed by atoms with Crippen molar-refractivity contribution in [3.8, 4) is 0 Å². The first kappa shape index (κ1) is 23.7. The molecule has 2 atom stereocenters. The van der Waals surface area contributed by atoms with Crippen LogP contribution >= 0.6 is 0 Å². The Bertz CT molecular complexity index is 1010. The Morgan fingerprint density at radius 2 is 1.85 bits per heavy atom. The molecule has 3 heterocycles. The third kappa shape index (κ3) is 5.53. The van der Waals surface area contributed by atoms with Gasteiger partial charge in [-0.3, -0.25) is 24.8 Å². The van der Waals surface area contributed by atoms with E-state index < -0.39 is 33.2 Å². The van der Waals surface area contributed by atoms with Gasteiger partial charge in [-0.2, -0.15) is 5.01 Å². The maximum atomic E-state index is 12.9. The number of aryl methyl sites for hydroxylation is 1. The second-order valence-corrected chi connectivity index (χ2v) is 11.5. The number of rotatable bonds is 7. The number of hydrogen-bond acceptors (Lipinski definition) is 7. The quantitative estimate of drug-likeness (QED) is 0.521. The number of hydrogen-bond donors (Lipinski definition) is 2. The molecule has 4 amide bonds. The van der Waals surface area contributed by atoms with Gasteiger partial charge in [0, 0.05) is 32.2 Å². The van der Waals surface area contributed by atoms with Crippen LogP contribution in [0.2, 0.25) is 0 Å². The van der Waals surface area contributed by atoms with E-state index in [0.717, 1.165) is 10.6 Å². The number of imide groups is 1. The molecule has 33 heavy (non-hydrogen) atoms. The van der Waals surface area contributed by atoms with E-state index in [1.165, 1.54) is 0 Å². The molecular weight excluding hydrogens is 446 g/mol. The molecule has 0 aliphatic carbocycles. The molecule has 1 aromatic rings.